The van der Waals surface area contributed by atoms with Gasteiger partial charge in [0.05, 0.1) is 0 Å². The Bertz CT molecular complexity index is 615. The van der Waals surface area contributed by atoms with Crippen LogP contribution in [0.25, 0.3) is 0 Å². The van der Waals surface area contributed by atoms with Crippen LogP contribution in [0.5, 0.6) is 0 Å². The van der Waals surface area contributed by atoms with E-state index in [1.807, 2.05) is 4.90 Å². The molecule has 6 nitrogen and oxygen atoms in total. The number of hydrogen-bond acceptors (Lipinski definition) is 4. The molecule has 1 atom stereocenters. The fourth-order valence-electron chi connectivity index (χ4n) is 2.63. The molecule has 1 aliphatic heterocycles. The van der Waals surface area contributed by atoms with Crippen LogP contribution in [0.4, 0.5) is 9.18 Å². The first kappa shape index (κ1) is 18.2. The number of carboxylic acid groups (broad SMARTS) is 1. The number of benzene rings is 1. The number of hydrogen-bond donors (Lipinski definition) is 1. The zero-order valence-corrected chi connectivity index (χ0v) is 14.2. The van der Waals surface area contributed by atoms with Crippen molar-refractivity contribution >= 4 is 12.1 Å². The largest absolute Gasteiger partial charge is 0.480 e. The normalized spacial score (nSPS) is 19.2. The van der Waals surface area contributed by atoms with Crippen molar-refractivity contribution in [3.8, 4) is 0 Å². The lowest BCUT2D eigenvalue weighted by atomic mass is 10.1. The van der Waals surface area contributed by atoms with E-state index >= 15 is 0 Å². The molecule has 1 fully saturated rings. The highest BCUT2D eigenvalue weighted by molar-refractivity contribution is 5.80. The second-order valence-corrected chi connectivity index (χ2v) is 6.89. The zero-order chi connectivity index (χ0) is 17.9. The average molecular weight is 338 g/mol. The molecule has 132 valence electrons. The van der Waals surface area contributed by atoms with Gasteiger partial charge in [-0.25, -0.2) is 14.0 Å². The Morgan fingerprint density at radius 1 is 1.33 bits per heavy atom. The fraction of sp³-hybridized carbons (Fsp3) is 0.529. The topological polar surface area (TPSA) is 70.1 Å². The van der Waals surface area contributed by atoms with Crippen molar-refractivity contribution in [3.05, 3.63) is 35.6 Å². The van der Waals surface area contributed by atoms with Crippen LogP contribution >= 0.6 is 0 Å². The molecule has 0 saturated carbocycles. The lowest BCUT2D eigenvalue weighted by Gasteiger charge is -2.39. The molecular formula is C17H23FN2O4. The van der Waals surface area contributed by atoms with E-state index in [9.17, 15) is 19.1 Å². The Labute approximate surface area is 140 Å². The number of rotatable bonds is 3. The first-order chi connectivity index (χ1) is 11.2. The van der Waals surface area contributed by atoms with Crippen LogP contribution in [-0.2, 0) is 16.1 Å². The predicted molar refractivity (Wildman–Crippen MR) is 86.0 cm³/mol. The van der Waals surface area contributed by atoms with E-state index in [1.54, 1.807) is 32.9 Å². The molecule has 1 unspecified atom stereocenters. The number of carboxylic acids is 1. The number of carbonyl (C=O) groups excluding carboxylic acids is 1. The summed E-state index contributed by atoms with van der Waals surface area (Å²) in [4.78, 5) is 26.9. The highest BCUT2D eigenvalue weighted by Crippen LogP contribution is 2.18. The van der Waals surface area contributed by atoms with Gasteiger partial charge in [-0.15, -0.1) is 0 Å². The van der Waals surface area contributed by atoms with Crippen LogP contribution in [0.3, 0.4) is 0 Å². The van der Waals surface area contributed by atoms with Gasteiger partial charge in [-0.1, -0.05) is 12.1 Å². The number of aliphatic carboxylic acids is 1. The molecule has 1 amide bonds. The Balaban J connectivity index is 2.05. The smallest absolute Gasteiger partial charge is 0.411 e. The maximum Gasteiger partial charge on any atom is 0.411 e. The van der Waals surface area contributed by atoms with Crippen molar-refractivity contribution in [2.75, 3.05) is 19.6 Å². The summed E-state index contributed by atoms with van der Waals surface area (Å²) >= 11 is 0. The van der Waals surface area contributed by atoms with E-state index in [0.717, 1.165) is 5.56 Å². The van der Waals surface area contributed by atoms with E-state index in [-0.39, 0.29) is 18.9 Å². The molecule has 1 aromatic rings. The minimum Gasteiger partial charge on any atom is -0.480 e. The quantitative estimate of drug-likeness (QED) is 0.916. The van der Waals surface area contributed by atoms with Gasteiger partial charge < -0.3 is 9.84 Å². The highest BCUT2D eigenvalue weighted by Gasteiger charge is 2.37. The summed E-state index contributed by atoms with van der Waals surface area (Å²) in [7, 11) is 0. The first-order valence-electron chi connectivity index (χ1n) is 7.85. The number of piperazine rings is 1. The predicted octanol–water partition coefficient (Wildman–Crippen LogP) is 2.33. The molecule has 1 aromatic carbocycles. The third-order valence-electron chi connectivity index (χ3n) is 3.67. The molecule has 0 radical (unpaired) electrons. The van der Waals surface area contributed by atoms with E-state index in [2.05, 4.69) is 0 Å². The Kier molecular flexibility index (Phi) is 5.43. The molecule has 1 heterocycles. The van der Waals surface area contributed by atoms with Crippen molar-refractivity contribution < 1.29 is 23.8 Å². The van der Waals surface area contributed by atoms with Gasteiger partial charge in [-0.2, -0.15) is 0 Å². The van der Waals surface area contributed by atoms with Crippen LogP contribution in [0.15, 0.2) is 24.3 Å². The van der Waals surface area contributed by atoms with Gasteiger partial charge in [0.15, 0.2) is 0 Å². The molecule has 0 aliphatic carbocycles. The van der Waals surface area contributed by atoms with Crippen molar-refractivity contribution in [1.82, 2.24) is 9.80 Å². The summed E-state index contributed by atoms with van der Waals surface area (Å²) < 4.78 is 18.6. The Morgan fingerprint density at radius 2 is 2.04 bits per heavy atom. The van der Waals surface area contributed by atoms with Gasteiger partial charge in [-0.3, -0.25) is 9.80 Å². The standard InChI is InChI=1S/C17H23FN2O4/c1-17(2,3)24-16(23)20-8-7-19(11-14(20)15(21)22)10-12-5-4-6-13(18)9-12/h4-6,9,14H,7-8,10-11H2,1-3H3,(H,21,22). The molecule has 1 N–H and O–H groups in total. The molecule has 2 rings (SSSR count). The number of nitrogens with zero attached hydrogens (tertiary/aromatic N) is 2. The monoisotopic (exact) mass is 338 g/mol. The van der Waals surface area contributed by atoms with Gasteiger partial charge in [0, 0.05) is 26.2 Å². The number of halogens is 1. The lowest BCUT2D eigenvalue weighted by molar-refractivity contribution is -0.145. The highest BCUT2D eigenvalue weighted by atomic mass is 19.1. The summed E-state index contributed by atoms with van der Waals surface area (Å²) in [6, 6.07) is 5.22. The maximum atomic E-state index is 13.3. The van der Waals surface area contributed by atoms with Crippen LogP contribution < -0.4 is 0 Å². The zero-order valence-electron chi connectivity index (χ0n) is 14.2. The van der Waals surface area contributed by atoms with E-state index in [1.165, 1.54) is 17.0 Å². The van der Waals surface area contributed by atoms with Gasteiger partial charge in [0.2, 0.25) is 0 Å². The summed E-state index contributed by atoms with van der Waals surface area (Å²) in [6.07, 6.45) is -0.625. The fourth-order valence-corrected chi connectivity index (χ4v) is 2.63. The van der Waals surface area contributed by atoms with Crippen LogP contribution in [-0.4, -0.2) is 58.2 Å². The molecule has 7 heteroatoms. The van der Waals surface area contributed by atoms with E-state index in [4.69, 9.17) is 4.74 Å². The molecular weight excluding hydrogens is 315 g/mol. The number of ether oxygens (including phenoxy) is 1. The minimum absolute atomic E-state index is 0.172. The van der Waals surface area contributed by atoms with E-state index in [0.29, 0.717) is 13.1 Å². The van der Waals surface area contributed by atoms with Crippen LogP contribution in [0.1, 0.15) is 26.3 Å². The van der Waals surface area contributed by atoms with Crippen LogP contribution in [0, 0.1) is 5.82 Å². The average Bonchev–Trinajstić information content (AvgIpc) is 2.45. The summed E-state index contributed by atoms with van der Waals surface area (Å²) in [5.41, 5.74) is 0.0867. The van der Waals surface area contributed by atoms with Gasteiger partial charge in [0.1, 0.15) is 17.5 Å². The Hall–Kier alpha value is -2.15. The molecule has 0 spiro atoms. The molecule has 1 saturated heterocycles. The number of amides is 1. The summed E-state index contributed by atoms with van der Waals surface area (Å²) in [5, 5.41) is 9.45. The first-order valence-corrected chi connectivity index (χ1v) is 7.85. The van der Waals surface area contributed by atoms with Crippen LogP contribution in [0.2, 0.25) is 0 Å². The summed E-state index contributed by atoms with van der Waals surface area (Å²) in [5.74, 6) is -1.40. The second kappa shape index (κ2) is 7.17. The maximum absolute atomic E-state index is 13.3. The summed E-state index contributed by atoms with van der Waals surface area (Å²) in [6.45, 7) is 6.57. The SMILES string of the molecule is CC(C)(C)OC(=O)N1CCN(Cc2cccc(F)c2)CC1C(=O)O. The van der Waals surface area contributed by atoms with Crippen molar-refractivity contribution in [3.63, 3.8) is 0 Å². The van der Waals surface area contributed by atoms with Crippen molar-refractivity contribution in [2.24, 2.45) is 0 Å². The van der Waals surface area contributed by atoms with Crippen molar-refractivity contribution in [1.29, 1.82) is 0 Å². The van der Waals surface area contributed by atoms with Gasteiger partial charge in [0.25, 0.3) is 0 Å². The molecule has 24 heavy (non-hydrogen) atoms. The van der Waals surface area contributed by atoms with Gasteiger partial charge in [-0.05, 0) is 38.5 Å². The third kappa shape index (κ3) is 4.92. The Morgan fingerprint density at radius 3 is 2.62 bits per heavy atom. The number of carbonyl (C=O) groups is 2. The minimum atomic E-state index is -1.08. The van der Waals surface area contributed by atoms with Gasteiger partial charge >= 0.3 is 12.1 Å². The molecule has 1 aliphatic rings. The molecule has 0 bridgehead atoms. The molecule has 0 aromatic heterocycles. The van der Waals surface area contributed by atoms with E-state index < -0.39 is 23.7 Å². The van der Waals surface area contributed by atoms with Crippen molar-refractivity contribution in [2.45, 2.75) is 39.0 Å². The second-order valence-electron chi connectivity index (χ2n) is 6.89. The lowest BCUT2D eigenvalue weighted by Crippen LogP contribution is -2.58. The third-order valence-corrected chi connectivity index (χ3v) is 3.67.